The number of carbonyl (C=O) groups excluding carboxylic acids is 2. The van der Waals surface area contributed by atoms with Crippen molar-refractivity contribution in [3.63, 3.8) is 0 Å². The van der Waals surface area contributed by atoms with Gasteiger partial charge in [0.15, 0.2) is 0 Å². The van der Waals surface area contributed by atoms with E-state index in [0.29, 0.717) is 18.7 Å². The van der Waals surface area contributed by atoms with Crippen molar-refractivity contribution in [2.45, 2.75) is 25.7 Å². The van der Waals surface area contributed by atoms with Gasteiger partial charge in [-0.15, -0.1) is 0 Å². The minimum atomic E-state index is 0.000476. The molecule has 0 bridgehead atoms. The van der Waals surface area contributed by atoms with E-state index in [9.17, 15) is 9.59 Å². The van der Waals surface area contributed by atoms with E-state index in [-0.39, 0.29) is 11.8 Å². The number of hydrogen-bond donors (Lipinski definition) is 1. The molecule has 1 fully saturated rings. The Balaban J connectivity index is 1.35. The van der Waals surface area contributed by atoms with Crippen LogP contribution in [0.4, 0.5) is 5.82 Å². The Morgan fingerprint density at radius 2 is 1.96 bits per heavy atom. The third kappa shape index (κ3) is 4.34. The Morgan fingerprint density at radius 1 is 1.11 bits per heavy atom. The third-order valence-corrected chi connectivity index (χ3v) is 5.06. The Morgan fingerprint density at radius 3 is 2.75 bits per heavy atom. The monoisotopic (exact) mass is 374 g/mol. The average Bonchev–Trinajstić information content (AvgIpc) is 2.73. The van der Waals surface area contributed by atoms with Gasteiger partial charge in [-0.3, -0.25) is 14.6 Å². The number of anilines is 1. The van der Waals surface area contributed by atoms with Crippen LogP contribution in [-0.4, -0.2) is 39.8 Å². The summed E-state index contributed by atoms with van der Waals surface area (Å²) in [6.45, 7) is 1.45. The number of amides is 2. The maximum atomic E-state index is 12.5. The highest BCUT2D eigenvalue weighted by Gasteiger charge is 2.18. The lowest BCUT2D eigenvalue weighted by Crippen LogP contribution is -2.35. The van der Waals surface area contributed by atoms with Crippen LogP contribution in [0.1, 0.15) is 36.0 Å². The molecule has 4 heterocycles. The smallest absolute Gasteiger partial charge is 0.246 e. The average molecular weight is 374 g/mol. The van der Waals surface area contributed by atoms with E-state index in [2.05, 4.69) is 21.4 Å². The number of hydrogen-bond acceptors (Lipinski definition) is 4. The Hall–Kier alpha value is -3.28. The first-order valence-electron chi connectivity index (χ1n) is 9.52. The van der Waals surface area contributed by atoms with E-state index >= 15 is 0 Å². The molecule has 0 spiro atoms. The molecule has 2 aliphatic heterocycles. The van der Waals surface area contributed by atoms with E-state index in [1.54, 1.807) is 24.5 Å². The normalized spacial score (nSPS) is 16.6. The van der Waals surface area contributed by atoms with E-state index in [1.807, 2.05) is 29.3 Å². The van der Waals surface area contributed by atoms with Crippen molar-refractivity contribution in [3.05, 3.63) is 65.1 Å². The van der Waals surface area contributed by atoms with Gasteiger partial charge in [0.05, 0.1) is 0 Å². The van der Waals surface area contributed by atoms with E-state index in [1.165, 1.54) is 5.57 Å². The standard InChI is InChI=1S/C22H22N4O2/c27-20-5-4-19-13-18(15-24-22(19)25-20)3-6-21(28)26-10-7-16(8-11-26)12-17-2-1-9-23-14-17/h1-3,6,9,12-15H,4-5,7-8,10-11H2,(H,24,25,27)/b6-3+. The van der Waals surface area contributed by atoms with E-state index in [4.69, 9.17) is 0 Å². The van der Waals surface area contributed by atoms with Crippen LogP contribution in [0.2, 0.25) is 0 Å². The number of pyridine rings is 2. The number of aromatic nitrogens is 2. The number of nitrogens with one attached hydrogen (secondary N) is 1. The Bertz CT molecular complexity index is 940. The van der Waals surface area contributed by atoms with Crippen LogP contribution >= 0.6 is 0 Å². The molecule has 1 saturated heterocycles. The summed E-state index contributed by atoms with van der Waals surface area (Å²) in [5.41, 5.74) is 4.34. The fraction of sp³-hybridized carbons (Fsp3) is 0.273. The van der Waals surface area contributed by atoms with Crippen LogP contribution < -0.4 is 5.32 Å². The van der Waals surface area contributed by atoms with Crippen LogP contribution in [-0.2, 0) is 16.0 Å². The Kier molecular flexibility index (Phi) is 5.28. The van der Waals surface area contributed by atoms with Crippen molar-refractivity contribution in [3.8, 4) is 0 Å². The highest BCUT2D eigenvalue weighted by atomic mass is 16.2. The van der Waals surface area contributed by atoms with Gasteiger partial charge < -0.3 is 10.2 Å². The first-order chi connectivity index (χ1) is 13.7. The molecule has 6 nitrogen and oxygen atoms in total. The molecule has 0 aliphatic carbocycles. The van der Waals surface area contributed by atoms with Gasteiger partial charge in [-0.25, -0.2) is 4.98 Å². The van der Waals surface area contributed by atoms with Crippen molar-refractivity contribution in [2.75, 3.05) is 18.4 Å². The zero-order valence-corrected chi connectivity index (χ0v) is 15.6. The fourth-order valence-corrected chi connectivity index (χ4v) is 3.49. The first-order valence-corrected chi connectivity index (χ1v) is 9.52. The summed E-state index contributed by atoms with van der Waals surface area (Å²) in [6.07, 6.45) is 13.8. The molecule has 0 unspecified atom stereocenters. The number of nitrogens with zero attached hydrogens (tertiary/aromatic N) is 3. The number of rotatable bonds is 3. The molecule has 0 aromatic carbocycles. The van der Waals surface area contributed by atoms with Crippen LogP contribution in [0.3, 0.4) is 0 Å². The zero-order valence-electron chi connectivity index (χ0n) is 15.6. The molecular weight excluding hydrogens is 352 g/mol. The van der Waals surface area contributed by atoms with Crippen molar-refractivity contribution < 1.29 is 9.59 Å². The number of likely N-dealkylation sites (tertiary alicyclic amines) is 1. The number of carbonyl (C=O) groups is 2. The molecule has 2 aromatic rings. The second kappa shape index (κ2) is 8.17. The van der Waals surface area contributed by atoms with E-state index < -0.39 is 0 Å². The number of fused-ring (bicyclic) bond motifs is 1. The van der Waals surface area contributed by atoms with Gasteiger partial charge in [0.1, 0.15) is 5.82 Å². The summed E-state index contributed by atoms with van der Waals surface area (Å²) >= 11 is 0. The zero-order chi connectivity index (χ0) is 19.3. The van der Waals surface area contributed by atoms with Crippen molar-refractivity contribution >= 4 is 29.8 Å². The molecule has 0 saturated carbocycles. The number of aryl methyl sites for hydroxylation is 1. The van der Waals surface area contributed by atoms with Gasteiger partial charge in [-0.2, -0.15) is 0 Å². The summed E-state index contributed by atoms with van der Waals surface area (Å²) in [4.78, 5) is 34.2. The van der Waals surface area contributed by atoms with Gasteiger partial charge in [0.2, 0.25) is 11.8 Å². The summed E-state index contributed by atoms with van der Waals surface area (Å²) in [6, 6.07) is 5.95. The van der Waals surface area contributed by atoms with Gasteiger partial charge in [-0.1, -0.05) is 17.7 Å². The molecule has 2 aromatic heterocycles. The molecule has 2 amide bonds. The largest absolute Gasteiger partial charge is 0.339 e. The number of piperidine rings is 1. The summed E-state index contributed by atoms with van der Waals surface area (Å²) in [5.74, 6) is 0.649. The molecule has 0 radical (unpaired) electrons. The SMILES string of the molecule is O=C1CCc2cc(/C=C/C(=O)N3CCC(=Cc4cccnc4)CC3)cnc2N1. The molecule has 6 heteroatoms. The third-order valence-electron chi connectivity index (χ3n) is 5.06. The first kappa shape index (κ1) is 18.1. The predicted molar refractivity (Wildman–Crippen MR) is 108 cm³/mol. The van der Waals surface area contributed by atoms with E-state index in [0.717, 1.165) is 42.6 Å². The van der Waals surface area contributed by atoms with Crippen molar-refractivity contribution in [1.82, 2.24) is 14.9 Å². The fourth-order valence-electron chi connectivity index (χ4n) is 3.49. The maximum absolute atomic E-state index is 12.5. The van der Waals surface area contributed by atoms with Crippen LogP contribution in [0.25, 0.3) is 12.2 Å². The van der Waals surface area contributed by atoms with Gasteiger partial charge in [0, 0.05) is 44.2 Å². The minimum absolute atomic E-state index is 0.000476. The summed E-state index contributed by atoms with van der Waals surface area (Å²) < 4.78 is 0. The molecule has 1 N–H and O–H groups in total. The Labute approximate surface area is 164 Å². The second-order valence-electron chi connectivity index (χ2n) is 7.07. The maximum Gasteiger partial charge on any atom is 0.246 e. The quantitative estimate of drug-likeness (QED) is 0.838. The van der Waals surface area contributed by atoms with Gasteiger partial charge in [-0.05, 0) is 54.2 Å². The lowest BCUT2D eigenvalue weighted by molar-refractivity contribution is -0.126. The van der Waals surface area contributed by atoms with Crippen LogP contribution in [0.5, 0.6) is 0 Å². The summed E-state index contributed by atoms with van der Waals surface area (Å²) in [5, 5.41) is 2.77. The molecule has 142 valence electrons. The van der Waals surface area contributed by atoms with Crippen LogP contribution in [0, 0.1) is 0 Å². The van der Waals surface area contributed by atoms with Crippen LogP contribution in [0.15, 0.2) is 48.4 Å². The van der Waals surface area contributed by atoms with Gasteiger partial charge in [0.25, 0.3) is 0 Å². The topological polar surface area (TPSA) is 75.2 Å². The molecule has 28 heavy (non-hydrogen) atoms. The second-order valence-corrected chi connectivity index (χ2v) is 7.07. The predicted octanol–water partition coefficient (Wildman–Crippen LogP) is 3.08. The molecule has 2 aliphatic rings. The lowest BCUT2D eigenvalue weighted by Gasteiger charge is -2.27. The van der Waals surface area contributed by atoms with Gasteiger partial charge >= 0.3 is 0 Å². The minimum Gasteiger partial charge on any atom is -0.339 e. The molecular formula is C22H22N4O2. The van der Waals surface area contributed by atoms with Crippen molar-refractivity contribution in [2.24, 2.45) is 0 Å². The highest BCUT2D eigenvalue weighted by molar-refractivity contribution is 5.94. The molecule has 0 atom stereocenters. The lowest BCUT2D eigenvalue weighted by atomic mass is 10.0. The summed E-state index contributed by atoms with van der Waals surface area (Å²) in [7, 11) is 0. The highest BCUT2D eigenvalue weighted by Crippen LogP contribution is 2.22. The molecule has 4 rings (SSSR count). The van der Waals surface area contributed by atoms with Crippen molar-refractivity contribution in [1.29, 1.82) is 0 Å².